The molecule has 0 radical (unpaired) electrons. The van der Waals surface area contributed by atoms with Gasteiger partial charge in [-0.15, -0.1) is 0 Å². The van der Waals surface area contributed by atoms with Crippen LogP contribution in [0.1, 0.15) is 30.1 Å². The van der Waals surface area contributed by atoms with E-state index in [1.165, 1.54) is 7.11 Å². The Kier molecular flexibility index (Phi) is 5.93. The maximum Gasteiger partial charge on any atom is 0.258 e. The van der Waals surface area contributed by atoms with Crippen LogP contribution in [-0.2, 0) is 6.54 Å². The molecule has 1 heterocycles. The van der Waals surface area contributed by atoms with E-state index in [0.29, 0.717) is 28.8 Å². The van der Waals surface area contributed by atoms with Crippen LogP contribution < -0.4 is 9.47 Å². The largest absolute Gasteiger partial charge is 0.497 e. The average Bonchev–Trinajstić information content (AvgIpc) is 3.20. The summed E-state index contributed by atoms with van der Waals surface area (Å²) in [4.78, 5) is 19.2. The molecule has 0 spiro atoms. The predicted molar refractivity (Wildman–Crippen MR) is 104 cm³/mol. The van der Waals surface area contributed by atoms with Crippen LogP contribution in [-0.4, -0.2) is 41.2 Å². The molecule has 1 aromatic heterocycles. The number of carbonyl (C=O) groups is 1. The third-order valence-electron chi connectivity index (χ3n) is 4.33. The standard InChI is InChI=1S/C21H23N3O4/c1-14(2)24(21(25)17-11-10-16(26-3)12-18(17)27-4)13-19-22-20(23-28-19)15-8-6-5-7-9-15/h5-12,14H,13H2,1-4H3. The molecular weight excluding hydrogens is 358 g/mol. The van der Waals surface area contributed by atoms with Crippen LogP contribution >= 0.6 is 0 Å². The first-order chi connectivity index (χ1) is 13.5. The van der Waals surface area contributed by atoms with Crippen molar-refractivity contribution in [1.29, 1.82) is 0 Å². The second-order valence-corrected chi connectivity index (χ2v) is 6.47. The third-order valence-corrected chi connectivity index (χ3v) is 4.33. The molecular formula is C21H23N3O4. The molecule has 3 aromatic rings. The van der Waals surface area contributed by atoms with E-state index in [4.69, 9.17) is 14.0 Å². The lowest BCUT2D eigenvalue weighted by atomic mass is 10.1. The van der Waals surface area contributed by atoms with Gasteiger partial charge in [0, 0.05) is 17.7 Å². The first-order valence-corrected chi connectivity index (χ1v) is 8.94. The highest BCUT2D eigenvalue weighted by molar-refractivity contribution is 5.97. The van der Waals surface area contributed by atoms with Gasteiger partial charge in [0.25, 0.3) is 5.91 Å². The highest BCUT2D eigenvalue weighted by Crippen LogP contribution is 2.27. The minimum atomic E-state index is -0.186. The van der Waals surface area contributed by atoms with E-state index in [9.17, 15) is 4.79 Å². The van der Waals surface area contributed by atoms with Gasteiger partial charge in [-0.05, 0) is 26.0 Å². The average molecular weight is 381 g/mol. The maximum absolute atomic E-state index is 13.2. The van der Waals surface area contributed by atoms with Crippen molar-refractivity contribution >= 4 is 5.91 Å². The zero-order valence-electron chi connectivity index (χ0n) is 16.4. The molecule has 0 aliphatic rings. The summed E-state index contributed by atoms with van der Waals surface area (Å²) in [6, 6.07) is 14.6. The van der Waals surface area contributed by atoms with E-state index in [-0.39, 0.29) is 18.5 Å². The Bertz CT molecular complexity index is 938. The molecule has 0 aliphatic carbocycles. The smallest absolute Gasteiger partial charge is 0.258 e. The quantitative estimate of drug-likeness (QED) is 0.619. The van der Waals surface area contributed by atoms with Gasteiger partial charge in [-0.25, -0.2) is 0 Å². The molecule has 7 nitrogen and oxygen atoms in total. The number of aromatic nitrogens is 2. The molecule has 0 N–H and O–H groups in total. The monoisotopic (exact) mass is 381 g/mol. The predicted octanol–water partition coefficient (Wildman–Crippen LogP) is 3.80. The lowest BCUT2D eigenvalue weighted by Gasteiger charge is -2.26. The van der Waals surface area contributed by atoms with Crippen LogP contribution in [0, 0.1) is 0 Å². The Morgan fingerprint density at radius 1 is 1.11 bits per heavy atom. The van der Waals surface area contributed by atoms with Crippen molar-refractivity contribution in [3.8, 4) is 22.9 Å². The summed E-state index contributed by atoms with van der Waals surface area (Å²) in [5, 5.41) is 4.02. The summed E-state index contributed by atoms with van der Waals surface area (Å²) in [6.07, 6.45) is 0. The Labute approximate surface area is 163 Å². The molecule has 1 amide bonds. The molecule has 0 saturated carbocycles. The number of ether oxygens (including phenoxy) is 2. The molecule has 3 rings (SSSR count). The number of amides is 1. The lowest BCUT2D eigenvalue weighted by Crippen LogP contribution is -2.36. The normalized spacial score (nSPS) is 10.8. The molecule has 0 atom stereocenters. The van der Waals surface area contributed by atoms with Crippen molar-refractivity contribution in [1.82, 2.24) is 15.0 Å². The molecule has 0 bridgehead atoms. The van der Waals surface area contributed by atoms with Crippen LogP contribution in [0.15, 0.2) is 53.1 Å². The van der Waals surface area contributed by atoms with Gasteiger partial charge in [-0.2, -0.15) is 4.98 Å². The summed E-state index contributed by atoms with van der Waals surface area (Å²) in [5.41, 5.74) is 1.30. The van der Waals surface area contributed by atoms with Crippen LogP contribution in [0.25, 0.3) is 11.4 Å². The molecule has 0 unspecified atom stereocenters. The Hall–Kier alpha value is -3.35. The Morgan fingerprint density at radius 3 is 2.50 bits per heavy atom. The van der Waals surface area contributed by atoms with E-state index >= 15 is 0 Å². The van der Waals surface area contributed by atoms with E-state index in [1.54, 1.807) is 30.2 Å². The van der Waals surface area contributed by atoms with Gasteiger partial charge in [0.15, 0.2) is 0 Å². The lowest BCUT2D eigenvalue weighted by molar-refractivity contribution is 0.0664. The van der Waals surface area contributed by atoms with Crippen LogP contribution in [0.3, 0.4) is 0 Å². The zero-order chi connectivity index (χ0) is 20.1. The number of hydrogen-bond acceptors (Lipinski definition) is 6. The Morgan fingerprint density at radius 2 is 1.86 bits per heavy atom. The number of methoxy groups -OCH3 is 2. The van der Waals surface area contributed by atoms with Gasteiger partial charge < -0.3 is 18.9 Å². The molecule has 146 valence electrons. The molecule has 2 aromatic carbocycles. The van der Waals surface area contributed by atoms with Gasteiger partial charge in [-0.1, -0.05) is 35.5 Å². The topological polar surface area (TPSA) is 77.7 Å². The van der Waals surface area contributed by atoms with Gasteiger partial charge in [0.1, 0.15) is 18.0 Å². The van der Waals surface area contributed by atoms with Crippen molar-refractivity contribution in [2.45, 2.75) is 26.4 Å². The minimum Gasteiger partial charge on any atom is -0.497 e. The van der Waals surface area contributed by atoms with Crippen molar-refractivity contribution in [3.63, 3.8) is 0 Å². The fourth-order valence-electron chi connectivity index (χ4n) is 2.79. The fourth-order valence-corrected chi connectivity index (χ4v) is 2.79. The molecule has 7 heteroatoms. The summed E-state index contributed by atoms with van der Waals surface area (Å²) >= 11 is 0. The molecule has 0 aliphatic heterocycles. The number of benzene rings is 2. The Balaban J connectivity index is 1.85. The summed E-state index contributed by atoms with van der Waals surface area (Å²) in [5.74, 6) is 1.75. The maximum atomic E-state index is 13.2. The van der Waals surface area contributed by atoms with E-state index in [1.807, 2.05) is 44.2 Å². The van der Waals surface area contributed by atoms with Crippen LogP contribution in [0.2, 0.25) is 0 Å². The summed E-state index contributed by atoms with van der Waals surface area (Å²) < 4.78 is 15.9. The van der Waals surface area contributed by atoms with Crippen molar-refractivity contribution in [2.24, 2.45) is 0 Å². The van der Waals surface area contributed by atoms with Crippen molar-refractivity contribution in [2.75, 3.05) is 14.2 Å². The van der Waals surface area contributed by atoms with E-state index < -0.39 is 0 Å². The second kappa shape index (κ2) is 8.56. The minimum absolute atomic E-state index is 0.0774. The highest BCUT2D eigenvalue weighted by atomic mass is 16.5. The van der Waals surface area contributed by atoms with Crippen LogP contribution in [0.4, 0.5) is 0 Å². The fraction of sp³-hybridized carbons (Fsp3) is 0.286. The molecule has 0 fully saturated rings. The summed E-state index contributed by atoms with van der Waals surface area (Å²) in [6.45, 7) is 4.07. The van der Waals surface area contributed by atoms with Gasteiger partial charge in [-0.3, -0.25) is 4.79 Å². The van der Waals surface area contributed by atoms with Crippen molar-refractivity contribution < 1.29 is 18.8 Å². The number of hydrogen-bond donors (Lipinski definition) is 0. The zero-order valence-corrected chi connectivity index (χ0v) is 16.4. The van der Waals surface area contributed by atoms with Gasteiger partial charge in [0.05, 0.1) is 19.8 Å². The third kappa shape index (κ3) is 4.14. The highest BCUT2D eigenvalue weighted by Gasteiger charge is 2.25. The summed E-state index contributed by atoms with van der Waals surface area (Å²) in [7, 11) is 3.09. The first-order valence-electron chi connectivity index (χ1n) is 8.94. The molecule has 0 saturated heterocycles. The van der Waals surface area contributed by atoms with Crippen LogP contribution in [0.5, 0.6) is 11.5 Å². The number of rotatable bonds is 7. The molecule has 28 heavy (non-hydrogen) atoms. The number of nitrogens with zero attached hydrogens (tertiary/aromatic N) is 3. The number of carbonyl (C=O) groups excluding carboxylic acids is 1. The van der Waals surface area contributed by atoms with Gasteiger partial charge >= 0.3 is 0 Å². The van der Waals surface area contributed by atoms with E-state index in [2.05, 4.69) is 10.1 Å². The van der Waals surface area contributed by atoms with Gasteiger partial charge in [0.2, 0.25) is 11.7 Å². The van der Waals surface area contributed by atoms with E-state index in [0.717, 1.165) is 5.56 Å². The van der Waals surface area contributed by atoms with Crippen molar-refractivity contribution in [3.05, 3.63) is 60.0 Å². The SMILES string of the molecule is COc1ccc(C(=O)N(Cc2nc(-c3ccccc3)no2)C(C)C)c(OC)c1. The second-order valence-electron chi connectivity index (χ2n) is 6.47. The first kappa shape index (κ1) is 19.4.